The van der Waals surface area contributed by atoms with Gasteiger partial charge in [0.1, 0.15) is 11.6 Å². The Hall–Kier alpha value is -3.99. The number of ether oxygens (including phenoxy) is 1. The van der Waals surface area contributed by atoms with Gasteiger partial charge in [0.15, 0.2) is 23.2 Å². The van der Waals surface area contributed by atoms with E-state index in [1.54, 1.807) is 13.0 Å². The van der Waals surface area contributed by atoms with Crippen LogP contribution in [-0.2, 0) is 0 Å². The number of aryl methyl sites for hydroxylation is 1. The lowest BCUT2D eigenvalue weighted by Crippen LogP contribution is -2.49. The highest BCUT2D eigenvalue weighted by Gasteiger charge is 2.21. The Morgan fingerprint density at radius 2 is 2.03 bits per heavy atom. The number of halogens is 2. The van der Waals surface area contributed by atoms with Crippen molar-refractivity contribution in [3.05, 3.63) is 53.4 Å². The molecule has 11 heteroatoms. The lowest BCUT2D eigenvalue weighted by Gasteiger charge is -2.32. The van der Waals surface area contributed by atoms with Gasteiger partial charge >= 0.3 is 6.01 Å². The molecule has 1 aromatic carbocycles. The van der Waals surface area contributed by atoms with Gasteiger partial charge in [0, 0.05) is 55.0 Å². The van der Waals surface area contributed by atoms with Gasteiger partial charge in [0.25, 0.3) is 0 Å². The van der Waals surface area contributed by atoms with E-state index in [1.165, 1.54) is 6.07 Å². The highest BCUT2D eigenvalue weighted by Crippen LogP contribution is 2.33. The highest BCUT2D eigenvalue weighted by molar-refractivity contribution is 5.83. The summed E-state index contributed by atoms with van der Waals surface area (Å²) in [7, 11) is 0. The number of benzene rings is 1. The summed E-state index contributed by atoms with van der Waals surface area (Å²) in [4.78, 5) is 13.8. The molecule has 1 unspecified atom stereocenters. The molecule has 4 N–H and O–H groups in total. The maximum Gasteiger partial charge on any atom is 0.326 e. The number of hydrogen-bond acceptors (Lipinski definition) is 7. The van der Waals surface area contributed by atoms with Gasteiger partial charge in [0.05, 0.1) is 11.2 Å². The van der Waals surface area contributed by atoms with Crippen LogP contribution < -0.4 is 20.3 Å². The summed E-state index contributed by atoms with van der Waals surface area (Å²) in [6, 6.07) is 6.30. The van der Waals surface area contributed by atoms with E-state index >= 15 is 4.39 Å². The molecule has 35 heavy (non-hydrogen) atoms. The fourth-order valence-corrected chi connectivity index (χ4v) is 4.13. The molecule has 182 valence electrons. The van der Waals surface area contributed by atoms with Crippen LogP contribution in [0.5, 0.6) is 11.8 Å². The molecule has 4 aromatic rings. The quantitative estimate of drug-likeness (QED) is 0.319. The number of aromatic nitrogens is 5. The van der Waals surface area contributed by atoms with Crippen LogP contribution in [0, 0.1) is 18.6 Å². The molecule has 1 aliphatic heterocycles. The Labute approximate surface area is 200 Å². The van der Waals surface area contributed by atoms with Gasteiger partial charge < -0.3 is 25.3 Å². The normalized spacial score (nSPS) is 16.4. The standard InChI is InChI=1S/C24H26F2N8O/c1-4-5-15-9-20(33-32-15)29-19-11-21(34-7-6-27-14(3)12-34)31-24(30-19)35-18-10-17(25)23-16(22(18)26)8-13(2)28-23/h4-5,8-11,14,27-28H,6-7,12H2,1-3H3,(H2,29,30,31,32,33)/b5-4+. The minimum Gasteiger partial charge on any atom is -0.421 e. The number of aromatic amines is 2. The number of hydrogen-bond donors (Lipinski definition) is 4. The Morgan fingerprint density at radius 3 is 2.83 bits per heavy atom. The monoisotopic (exact) mass is 480 g/mol. The van der Waals surface area contributed by atoms with Crippen molar-refractivity contribution in [3.63, 3.8) is 0 Å². The lowest BCUT2D eigenvalue weighted by atomic mass is 10.2. The number of fused-ring (bicyclic) bond motifs is 1. The summed E-state index contributed by atoms with van der Waals surface area (Å²) >= 11 is 0. The first-order valence-corrected chi connectivity index (χ1v) is 11.4. The van der Waals surface area contributed by atoms with Crippen LogP contribution in [0.2, 0.25) is 0 Å². The molecule has 4 heterocycles. The van der Waals surface area contributed by atoms with Gasteiger partial charge in [-0.2, -0.15) is 15.1 Å². The lowest BCUT2D eigenvalue weighted by molar-refractivity contribution is 0.409. The molecule has 9 nitrogen and oxygen atoms in total. The topological polar surface area (TPSA) is 107 Å². The molecular formula is C24H26F2N8O. The Kier molecular flexibility index (Phi) is 6.08. The zero-order valence-electron chi connectivity index (χ0n) is 19.6. The highest BCUT2D eigenvalue weighted by atomic mass is 19.1. The zero-order valence-corrected chi connectivity index (χ0v) is 19.6. The molecule has 3 aromatic heterocycles. The van der Waals surface area contributed by atoms with Crippen molar-refractivity contribution in [1.29, 1.82) is 0 Å². The largest absolute Gasteiger partial charge is 0.421 e. The van der Waals surface area contributed by atoms with Crippen LogP contribution in [0.25, 0.3) is 17.0 Å². The van der Waals surface area contributed by atoms with Crippen molar-refractivity contribution in [2.75, 3.05) is 29.9 Å². The van der Waals surface area contributed by atoms with Gasteiger partial charge in [-0.1, -0.05) is 6.08 Å². The molecule has 1 fully saturated rings. The third-order valence-electron chi connectivity index (χ3n) is 5.69. The number of nitrogens with zero attached hydrogens (tertiary/aromatic N) is 4. The summed E-state index contributed by atoms with van der Waals surface area (Å²) in [5.74, 6) is -0.0373. The second kappa shape index (κ2) is 9.34. The summed E-state index contributed by atoms with van der Waals surface area (Å²) in [6.07, 6.45) is 3.78. The van der Waals surface area contributed by atoms with Crippen LogP contribution in [0.15, 0.2) is 30.3 Å². The average Bonchev–Trinajstić information content (AvgIpc) is 3.44. The Balaban J connectivity index is 1.51. The van der Waals surface area contributed by atoms with E-state index < -0.39 is 11.6 Å². The molecular weight excluding hydrogens is 454 g/mol. The molecule has 1 aliphatic rings. The van der Waals surface area contributed by atoms with Crippen LogP contribution in [0.3, 0.4) is 0 Å². The van der Waals surface area contributed by atoms with Gasteiger partial charge in [-0.15, -0.1) is 0 Å². The van der Waals surface area contributed by atoms with Gasteiger partial charge in [-0.3, -0.25) is 5.10 Å². The molecule has 5 rings (SSSR count). The van der Waals surface area contributed by atoms with E-state index in [4.69, 9.17) is 4.74 Å². The van der Waals surface area contributed by atoms with Crippen molar-refractivity contribution in [1.82, 2.24) is 30.5 Å². The second-order valence-corrected chi connectivity index (χ2v) is 8.54. The number of nitrogens with one attached hydrogen (secondary N) is 4. The minimum atomic E-state index is -0.687. The fraction of sp³-hybridized carbons (Fsp3) is 0.292. The van der Waals surface area contributed by atoms with Crippen molar-refractivity contribution >= 4 is 34.4 Å². The number of H-pyrrole nitrogens is 2. The molecule has 0 aliphatic carbocycles. The summed E-state index contributed by atoms with van der Waals surface area (Å²) in [5.41, 5.74) is 1.56. The predicted molar refractivity (Wildman–Crippen MR) is 131 cm³/mol. The molecule has 0 bridgehead atoms. The van der Waals surface area contributed by atoms with Crippen LogP contribution in [0.4, 0.5) is 26.2 Å². The summed E-state index contributed by atoms with van der Waals surface area (Å²) in [6.45, 7) is 7.97. The first-order valence-electron chi connectivity index (χ1n) is 11.4. The number of allylic oxidation sites excluding steroid dienone is 1. The van der Waals surface area contributed by atoms with Gasteiger partial charge in [-0.05, 0) is 32.9 Å². The third-order valence-corrected chi connectivity index (χ3v) is 5.69. The summed E-state index contributed by atoms with van der Waals surface area (Å²) < 4.78 is 35.5. The number of piperazine rings is 1. The van der Waals surface area contributed by atoms with Gasteiger partial charge in [-0.25, -0.2) is 8.78 Å². The van der Waals surface area contributed by atoms with Crippen LogP contribution in [0.1, 0.15) is 25.2 Å². The Bertz CT molecular complexity index is 1400. The summed E-state index contributed by atoms with van der Waals surface area (Å²) in [5, 5.41) is 13.8. The first-order chi connectivity index (χ1) is 16.9. The van der Waals surface area contributed by atoms with Crippen LogP contribution >= 0.6 is 0 Å². The zero-order chi connectivity index (χ0) is 24.5. The van der Waals surface area contributed by atoms with E-state index in [0.717, 1.165) is 31.4 Å². The first kappa shape index (κ1) is 22.8. The molecule has 0 saturated carbocycles. The maximum absolute atomic E-state index is 15.2. The van der Waals surface area contributed by atoms with Crippen molar-refractivity contribution in [2.45, 2.75) is 26.8 Å². The molecule has 1 saturated heterocycles. The average molecular weight is 481 g/mol. The van der Waals surface area contributed by atoms with E-state index in [1.807, 2.05) is 25.1 Å². The third kappa shape index (κ3) is 4.80. The Morgan fingerprint density at radius 1 is 1.17 bits per heavy atom. The minimum absolute atomic E-state index is 0.0923. The maximum atomic E-state index is 15.2. The second-order valence-electron chi connectivity index (χ2n) is 8.54. The van der Waals surface area contributed by atoms with Crippen LogP contribution in [-0.4, -0.2) is 50.8 Å². The number of anilines is 3. The van der Waals surface area contributed by atoms with E-state index in [0.29, 0.717) is 23.1 Å². The smallest absolute Gasteiger partial charge is 0.326 e. The van der Waals surface area contributed by atoms with E-state index in [9.17, 15) is 4.39 Å². The van der Waals surface area contributed by atoms with E-state index in [-0.39, 0.29) is 28.7 Å². The molecule has 1 atom stereocenters. The SMILES string of the molecule is C/C=C/c1cc(Nc2cc(N3CCNC(C)C3)nc(Oc3cc(F)c4[nH]c(C)cc4c3F)n2)n[nH]1. The molecule has 0 amide bonds. The van der Waals surface area contributed by atoms with E-state index in [2.05, 4.69) is 47.6 Å². The van der Waals surface area contributed by atoms with Crippen molar-refractivity contribution < 1.29 is 13.5 Å². The van der Waals surface area contributed by atoms with Crippen molar-refractivity contribution in [2.24, 2.45) is 0 Å². The number of rotatable bonds is 6. The van der Waals surface area contributed by atoms with Crippen molar-refractivity contribution in [3.8, 4) is 11.8 Å². The molecule has 0 radical (unpaired) electrons. The predicted octanol–water partition coefficient (Wildman–Crippen LogP) is 4.63. The molecule has 0 spiro atoms. The van der Waals surface area contributed by atoms with Gasteiger partial charge in [0.2, 0.25) is 0 Å². The fourth-order valence-electron chi connectivity index (χ4n) is 4.13.